The minimum Gasteiger partial charge on any atom is -0.481 e. The summed E-state index contributed by atoms with van der Waals surface area (Å²) in [6.45, 7) is 4.18. The fourth-order valence-electron chi connectivity index (χ4n) is 4.56. The lowest BCUT2D eigenvalue weighted by Crippen LogP contribution is -2.50. The zero-order valence-electron chi connectivity index (χ0n) is 19.0. The maximum atomic E-state index is 12.6. The minimum absolute atomic E-state index is 0.00229. The molecule has 0 aromatic heterocycles. The van der Waals surface area contributed by atoms with Crippen LogP contribution in [0.1, 0.15) is 50.2 Å². The third-order valence-corrected chi connectivity index (χ3v) is 6.80. The molecule has 2 aliphatic carbocycles. The van der Waals surface area contributed by atoms with Crippen LogP contribution in [0.15, 0.2) is 48.5 Å². The summed E-state index contributed by atoms with van der Waals surface area (Å²) in [6.07, 6.45) is 0.874. The van der Waals surface area contributed by atoms with Crippen molar-refractivity contribution in [2.45, 2.75) is 45.1 Å². The van der Waals surface area contributed by atoms with E-state index in [2.05, 4.69) is 34.9 Å². The molecule has 4 rings (SSSR count). The molecular weight excluding hydrogens is 420 g/mol. The number of rotatable bonds is 8. The number of carbonyl (C=O) groups excluding carboxylic acids is 2. The van der Waals surface area contributed by atoms with Crippen LogP contribution in [0.2, 0.25) is 0 Å². The quantitative estimate of drug-likeness (QED) is 0.565. The molecule has 2 aromatic carbocycles. The van der Waals surface area contributed by atoms with Crippen molar-refractivity contribution in [3.63, 3.8) is 0 Å². The van der Waals surface area contributed by atoms with Gasteiger partial charge in [-0.25, -0.2) is 4.79 Å². The molecule has 0 heterocycles. The highest BCUT2D eigenvalue weighted by Crippen LogP contribution is 2.44. The molecule has 1 saturated carbocycles. The van der Waals surface area contributed by atoms with Gasteiger partial charge in [0.05, 0.1) is 5.92 Å². The summed E-state index contributed by atoms with van der Waals surface area (Å²) in [7, 11) is 0. The smallest absolute Gasteiger partial charge is 0.407 e. The van der Waals surface area contributed by atoms with Gasteiger partial charge in [0, 0.05) is 23.9 Å². The normalized spacial score (nSPS) is 19.1. The van der Waals surface area contributed by atoms with Gasteiger partial charge in [0.2, 0.25) is 5.91 Å². The molecule has 2 aliphatic rings. The van der Waals surface area contributed by atoms with Crippen LogP contribution in [0.4, 0.5) is 4.79 Å². The fourth-order valence-corrected chi connectivity index (χ4v) is 4.56. The second-order valence-corrected chi connectivity index (χ2v) is 9.56. The topological polar surface area (TPSA) is 105 Å². The van der Waals surface area contributed by atoms with E-state index < -0.39 is 17.5 Å². The van der Waals surface area contributed by atoms with Crippen LogP contribution in [0, 0.1) is 11.3 Å². The lowest BCUT2D eigenvalue weighted by molar-refractivity contribution is -0.146. The van der Waals surface area contributed by atoms with E-state index in [1.807, 2.05) is 38.1 Å². The minimum atomic E-state index is -0.813. The first-order valence-electron chi connectivity index (χ1n) is 11.4. The molecule has 7 heteroatoms. The number of amides is 2. The van der Waals surface area contributed by atoms with Crippen molar-refractivity contribution in [1.82, 2.24) is 10.6 Å². The van der Waals surface area contributed by atoms with E-state index >= 15 is 0 Å². The third-order valence-electron chi connectivity index (χ3n) is 6.80. The summed E-state index contributed by atoms with van der Waals surface area (Å²) in [4.78, 5) is 35.8. The molecule has 0 spiro atoms. The maximum Gasteiger partial charge on any atom is 0.407 e. The summed E-state index contributed by atoms with van der Waals surface area (Å²) in [6, 6.07) is 16.3. The SMILES string of the molecule is CC(C)(CCNC(=O)OCC1c2ccccc2-c2ccccc21)C(=O)NC1CC(C(=O)O)C1. The Hall–Kier alpha value is -3.35. The Morgan fingerprint density at radius 1 is 1.00 bits per heavy atom. The van der Waals surface area contributed by atoms with Gasteiger partial charge in [-0.2, -0.15) is 0 Å². The highest BCUT2D eigenvalue weighted by atomic mass is 16.5. The van der Waals surface area contributed by atoms with Crippen LogP contribution < -0.4 is 10.6 Å². The molecule has 0 radical (unpaired) electrons. The summed E-state index contributed by atoms with van der Waals surface area (Å²) < 4.78 is 5.53. The van der Waals surface area contributed by atoms with Crippen LogP contribution in [0.5, 0.6) is 0 Å². The average molecular weight is 451 g/mol. The molecule has 0 bridgehead atoms. The lowest BCUT2D eigenvalue weighted by atomic mass is 9.79. The molecule has 1 fully saturated rings. The van der Waals surface area contributed by atoms with Crippen LogP contribution >= 0.6 is 0 Å². The predicted octanol–water partition coefficient (Wildman–Crippen LogP) is 3.92. The Morgan fingerprint density at radius 3 is 2.15 bits per heavy atom. The number of carboxylic acid groups (broad SMARTS) is 1. The van der Waals surface area contributed by atoms with Gasteiger partial charge in [-0.1, -0.05) is 62.4 Å². The van der Waals surface area contributed by atoms with Crippen molar-refractivity contribution in [3.05, 3.63) is 59.7 Å². The van der Waals surface area contributed by atoms with Gasteiger partial charge in [0.25, 0.3) is 0 Å². The first-order chi connectivity index (χ1) is 15.8. The average Bonchev–Trinajstić information content (AvgIpc) is 3.07. The van der Waals surface area contributed by atoms with Crippen molar-refractivity contribution < 1.29 is 24.2 Å². The monoisotopic (exact) mass is 450 g/mol. The van der Waals surface area contributed by atoms with E-state index in [1.54, 1.807) is 0 Å². The molecule has 174 valence electrons. The first-order valence-corrected chi connectivity index (χ1v) is 11.4. The largest absolute Gasteiger partial charge is 0.481 e. The van der Waals surface area contributed by atoms with Gasteiger partial charge < -0.3 is 20.5 Å². The number of hydrogen-bond donors (Lipinski definition) is 3. The molecule has 2 amide bonds. The van der Waals surface area contributed by atoms with Gasteiger partial charge in [0.1, 0.15) is 6.61 Å². The number of carboxylic acids is 1. The summed E-state index contributed by atoms with van der Waals surface area (Å²) in [5.41, 5.74) is 3.98. The molecule has 3 N–H and O–H groups in total. The molecule has 0 atom stereocenters. The zero-order chi connectivity index (χ0) is 23.6. The van der Waals surface area contributed by atoms with Gasteiger partial charge in [0.15, 0.2) is 0 Å². The Bertz CT molecular complexity index is 1010. The van der Waals surface area contributed by atoms with Gasteiger partial charge in [-0.05, 0) is 41.5 Å². The summed E-state index contributed by atoms with van der Waals surface area (Å²) >= 11 is 0. The standard InChI is InChI=1S/C26H30N2O5/c1-26(2,24(31)28-17-13-16(14-17)23(29)30)11-12-27-25(32)33-15-22-20-9-5-3-7-18(20)19-8-4-6-10-21(19)22/h3-10,16-17,22H,11-15H2,1-2H3,(H,27,32)(H,28,31)(H,29,30). The third kappa shape index (κ3) is 4.87. The van der Waals surface area contributed by atoms with Crippen LogP contribution in [-0.4, -0.2) is 42.3 Å². The first kappa shape index (κ1) is 22.8. The second kappa shape index (κ2) is 9.25. The number of aliphatic carboxylic acids is 1. The Balaban J connectivity index is 1.23. The van der Waals surface area contributed by atoms with Crippen molar-refractivity contribution in [1.29, 1.82) is 0 Å². The molecule has 2 aromatic rings. The van der Waals surface area contributed by atoms with Crippen LogP contribution in [-0.2, 0) is 14.3 Å². The van der Waals surface area contributed by atoms with E-state index in [-0.39, 0.29) is 30.4 Å². The number of benzene rings is 2. The Morgan fingerprint density at radius 2 is 1.58 bits per heavy atom. The number of hydrogen-bond acceptors (Lipinski definition) is 4. The lowest BCUT2D eigenvalue weighted by Gasteiger charge is -2.35. The van der Waals surface area contributed by atoms with Crippen molar-refractivity contribution in [3.8, 4) is 11.1 Å². The number of carbonyl (C=O) groups is 3. The van der Waals surface area contributed by atoms with Gasteiger partial charge >= 0.3 is 12.1 Å². The summed E-state index contributed by atoms with van der Waals surface area (Å²) in [5, 5.41) is 14.6. The van der Waals surface area contributed by atoms with Crippen LogP contribution in [0.3, 0.4) is 0 Å². The molecule has 0 unspecified atom stereocenters. The van der Waals surface area contributed by atoms with E-state index in [0.29, 0.717) is 25.8 Å². The molecular formula is C26H30N2O5. The molecule has 0 aliphatic heterocycles. The van der Waals surface area contributed by atoms with E-state index in [0.717, 1.165) is 11.1 Å². The molecule has 7 nitrogen and oxygen atoms in total. The summed E-state index contributed by atoms with van der Waals surface area (Å²) in [5.74, 6) is -1.31. The van der Waals surface area contributed by atoms with E-state index in [1.165, 1.54) is 11.1 Å². The number of alkyl carbamates (subject to hydrolysis) is 1. The second-order valence-electron chi connectivity index (χ2n) is 9.56. The van der Waals surface area contributed by atoms with E-state index in [9.17, 15) is 14.4 Å². The Labute approximate surface area is 193 Å². The van der Waals surface area contributed by atoms with Gasteiger partial charge in [-0.3, -0.25) is 9.59 Å². The highest BCUT2D eigenvalue weighted by molar-refractivity contribution is 5.83. The molecule has 33 heavy (non-hydrogen) atoms. The number of ether oxygens (including phenoxy) is 1. The maximum absolute atomic E-state index is 12.6. The van der Waals surface area contributed by atoms with Crippen molar-refractivity contribution in [2.75, 3.05) is 13.2 Å². The van der Waals surface area contributed by atoms with E-state index in [4.69, 9.17) is 9.84 Å². The number of fused-ring (bicyclic) bond motifs is 3. The van der Waals surface area contributed by atoms with Gasteiger partial charge in [-0.15, -0.1) is 0 Å². The van der Waals surface area contributed by atoms with Crippen molar-refractivity contribution in [2.24, 2.45) is 11.3 Å². The number of nitrogens with one attached hydrogen (secondary N) is 2. The molecule has 0 saturated heterocycles. The Kier molecular flexibility index (Phi) is 6.40. The predicted molar refractivity (Wildman–Crippen MR) is 124 cm³/mol. The highest BCUT2D eigenvalue weighted by Gasteiger charge is 2.38. The fraction of sp³-hybridized carbons (Fsp3) is 0.423. The van der Waals surface area contributed by atoms with Crippen LogP contribution in [0.25, 0.3) is 11.1 Å². The van der Waals surface area contributed by atoms with Crippen molar-refractivity contribution >= 4 is 18.0 Å². The zero-order valence-corrected chi connectivity index (χ0v) is 19.0.